The molecule has 19 heavy (non-hydrogen) atoms. The average Bonchev–Trinajstić information content (AvgIpc) is 3.15. The summed E-state index contributed by atoms with van der Waals surface area (Å²) in [5.41, 5.74) is 0. The summed E-state index contributed by atoms with van der Waals surface area (Å²) in [6, 6.07) is 4.47. The van der Waals surface area contributed by atoms with Crippen molar-refractivity contribution in [2.24, 2.45) is 11.8 Å². The van der Waals surface area contributed by atoms with Gasteiger partial charge in [0.15, 0.2) is 0 Å². The lowest BCUT2D eigenvalue weighted by atomic mass is 9.88. The van der Waals surface area contributed by atoms with Crippen LogP contribution in [0.1, 0.15) is 51.4 Å². The summed E-state index contributed by atoms with van der Waals surface area (Å²) in [7, 11) is -0.169. The predicted octanol–water partition coefficient (Wildman–Crippen LogP) is 3.27. The maximum absolute atomic E-state index is 6.45. The topological polar surface area (TPSA) is 9.23 Å². The molecule has 1 aromatic heterocycles. The Kier molecular flexibility index (Phi) is 5.14. The molecule has 2 aliphatic carbocycles. The van der Waals surface area contributed by atoms with E-state index in [-0.39, 0.29) is 9.52 Å². The zero-order valence-corrected chi connectivity index (χ0v) is 14.1. The Morgan fingerprint density at radius 1 is 1.11 bits per heavy atom. The summed E-state index contributed by atoms with van der Waals surface area (Å²) >= 11 is 1.92. The maximum atomic E-state index is 6.45. The molecule has 1 heterocycles. The highest BCUT2D eigenvalue weighted by molar-refractivity contribution is 7.19. The van der Waals surface area contributed by atoms with E-state index in [2.05, 4.69) is 17.5 Å². The lowest BCUT2D eigenvalue weighted by Crippen LogP contribution is -2.32. The van der Waals surface area contributed by atoms with Gasteiger partial charge in [-0.1, -0.05) is 37.8 Å². The van der Waals surface area contributed by atoms with Crippen LogP contribution in [0.4, 0.5) is 0 Å². The van der Waals surface area contributed by atoms with Crippen molar-refractivity contribution >= 4 is 25.4 Å². The van der Waals surface area contributed by atoms with Crippen molar-refractivity contribution in [2.75, 3.05) is 6.23 Å². The van der Waals surface area contributed by atoms with Gasteiger partial charge in [0.25, 0.3) is 0 Å². The second-order valence-corrected chi connectivity index (χ2v) is 9.47. The first kappa shape index (κ1) is 13.8. The van der Waals surface area contributed by atoms with Crippen molar-refractivity contribution in [3.63, 3.8) is 0 Å². The van der Waals surface area contributed by atoms with Gasteiger partial charge in [0, 0.05) is 6.23 Å². The molecule has 1 aromatic rings. The molecule has 1 nitrogen and oxygen atoms in total. The predicted molar refractivity (Wildman–Crippen MR) is 86.2 cm³/mol. The van der Waals surface area contributed by atoms with Crippen molar-refractivity contribution in [2.45, 2.75) is 57.5 Å². The molecule has 2 fully saturated rings. The number of thiophene rings is 1. The van der Waals surface area contributed by atoms with Crippen LogP contribution in [0.3, 0.4) is 0 Å². The molecule has 106 valence electrons. The second-order valence-electron chi connectivity index (χ2n) is 6.25. The van der Waals surface area contributed by atoms with Crippen LogP contribution < -0.4 is 4.50 Å². The van der Waals surface area contributed by atoms with Crippen LogP contribution in [-0.2, 0) is 4.74 Å². The SMILES string of the molecule is c1csc([SiH2]COC(C2CCCC2)C2CCCC2)c1. The van der Waals surface area contributed by atoms with E-state index >= 15 is 0 Å². The van der Waals surface area contributed by atoms with Crippen LogP contribution in [0.25, 0.3) is 0 Å². The minimum atomic E-state index is -0.169. The summed E-state index contributed by atoms with van der Waals surface area (Å²) in [6.07, 6.45) is 13.2. The molecular formula is C16H26OSSi. The number of hydrogen-bond donors (Lipinski definition) is 0. The number of ether oxygens (including phenoxy) is 1. The largest absolute Gasteiger partial charge is 0.381 e. The molecule has 3 rings (SSSR count). The van der Waals surface area contributed by atoms with Crippen molar-refractivity contribution in [3.8, 4) is 0 Å². The van der Waals surface area contributed by atoms with Gasteiger partial charge in [-0.3, -0.25) is 0 Å². The molecular weight excluding hydrogens is 268 g/mol. The molecule has 2 aliphatic rings. The Balaban J connectivity index is 1.52. The van der Waals surface area contributed by atoms with Crippen molar-refractivity contribution < 1.29 is 4.74 Å². The van der Waals surface area contributed by atoms with E-state index in [1.807, 2.05) is 11.3 Å². The summed E-state index contributed by atoms with van der Waals surface area (Å²) in [5.74, 6) is 1.78. The van der Waals surface area contributed by atoms with E-state index in [0.717, 1.165) is 18.1 Å². The first-order chi connectivity index (χ1) is 9.43. The van der Waals surface area contributed by atoms with Crippen LogP contribution >= 0.6 is 11.3 Å². The molecule has 0 unspecified atom stereocenters. The fourth-order valence-corrected chi connectivity index (χ4v) is 6.37. The van der Waals surface area contributed by atoms with Gasteiger partial charge in [0.2, 0.25) is 0 Å². The maximum Gasteiger partial charge on any atom is 0.0975 e. The summed E-state index contributed by atoms with van der Waals surface area (Å²) < 4.78 is 8.06. The molecule has 0 bridgehead atoms. The minimum Gasteiger partial charge on any atom is -0.381 e. The molecule has 0 spiro atoms. The summed E-state index contributed by atoms with van der Waals surface area (Å²) in [6.45, 7) is 0. The number of hydrogen-bond acceptors (Lipinski definition) is 2. The van der Waals surface area contributed by atoms with Gasteiger partial charge in [0.1, 0.15) is 0 Å². The first-order valence-corrected chi connectivity index (χ1v) is 10.7. The third kappa shape index (κ3) is 3.70. The van der Waals surface area contributed by atoms with E-state index < -0.39 is 0 Å². The molecule has 0 saturated heterocycles. The van der Waals surface area contributed by atoms with Crippen LogP contribution in [0.5, 0.6) is 0 Å². The molecule has 0 aromatic carbocycles. The number of rotatable bonds is 6. The third-order valence-electron chi connectivity index (χ3n) is 4.97. The Morgan fingerprint density at radius 2 is 1.74 bits per heavy atom. The van der Waals surface area contributed by atoms with Gasteiger partial charge in [-0.25, -0.2) is 0 Å². The normalized spacial score (nSPS) is 22.4. The standard InChI is InChI=1S/C16H26OSSi/c1-2-7-13(6-1)16(14-8-3-4-9-14)17-12-19-15-10-5-11-18-15/h5,10-11,13-14,16H,1-4,6-9,12,19H2. The Morgan fingerprint density at radius 3 is 2.26 bits per heavy atom. The molecule has 0 atom stereocenters. The monoisotopic (exact) mass is 294 g/mol. The molecule has 0 N–H and O–H groups in total. The summed E-state index contributed by atoms with van der Waals surface area (Å²) in [5, 5.41) is 2.20. The van der Waals surface area contributed by atoms with Crippen LogP contribution in [0, 0.1) is 11.8 Å². The third-order valence-corrected chi connectivity index (χ3v) is 7.98. The van der Waals surface area contributed by atoms with E-state index in [0.29, 0.717) is 6.10 Å². The van der Waals surface area contributed by atoms with Crippen molar-refractivity contribution in [1.29, 1.82) is 0 Å². The molecule has 0 radical (unpaired) electrons. The van der Waals surface area contributed by atoms with Crippen molar-refractivity contribution in [3.05, 3.63) is 17.5 Å². The summed E-state index contributed by atoms with van der Waals surface area (Å²) in [4.78, 5) is 0. The van der Waals surface area contributed by atoms with E-state index in [1.54, 1.807) is 4.50 Å². The van der Waals surface area contributed by atoms with Crippen molar-refractivity contribution in [1.82, 2.24) is 0 Å². The fourth-order valence-electron chi connectivity index (χ4n) is 3.98. The zero-order valence-electron chi connectivity index (χ0n) is 11.9. The molecule has 0 aliphatic heterocycles. The van der Waals surface area contributed by atoms with E-state index in [1.165, 1.54) is 51.4 Å². The lowest BCUT2D eigenvalue weighted by Gasteiger charge is -2.29. The first-order valence-electron chi connectivity index (χ1n) is 8.07. The highest BCUT2D eigenvalue weighted by Gasteiger charge is 2.33. The fraction of sp³-hybridized carbons (Fsp3) is 0.750. The second kappa shape index (κ2) is 7.05. The van der Waals surface area contributed by atoms with Crippen LogP contribution in [0.2, 0.25) is 0 Å². The minimum absolute atomic E-state index is 0.169. The highest BCUT2D eigenvalue weighted by atomic mass is 32.1. The van der Waals surface area contributed by atoms with Crippen LogP contribution in [0.15, 0.2) is 17.5 Å². The van der Waals surface area contributed by atoms with Gasteiger partial charge in [-0.2, -0.15) is 11.3 Å². The van der Waals surface area contributed by atoms with E-state index in [9.17, 15) is 0 Å². The molecule has 2 saturated carbocycles. The zero-order chi connectivity index (χ0) is 12.9. The van der Waals surface area contributed by atoms with Gasteiger partial charge in [-0.15, -0.1) is 0 Å². The van der Waals surface area contributed by atoms with Gasteiger partial charge < -0.3 is 4.74 Å². The Bertz CT molecular complexity index is 337. The smallest absolute Gasteiger partial charge is 0.0975 e. The highest BCUT2D eigenvalue weighted by Crippen LogP contribution is 2.38. The van der Waals surface area contributed by atoms with Crippen LogP contribution in [-0.4, -0.2) is 21.9 Å². The van der Waals surface area contributed by atoms with E-state index in [4.69, 9.17) is 4.74 Å². The van der Waals surface area contributed by atoms with Gasteiger partial charge in [-0.05, 0) is 47.4 Å². The van der Waals surface area contributed by atoms with Gasteiger partial charge in [0.05, 0.1) is 15.6 Å². The molecule has 0 amide bonds. The quantitative estimate of drug-likeness (QED) is 0.732. The Labute approximate surface area is 123 Å². The molecule has 3 heteroatoms. The van der Waals surface area contributed by atoms with Gasteiger partial charge >= 0.3 is 0 Å². The average molecular weight is 295 g/mol. The Hall–Kier alpha value is -0.123. The lowest BCUT2D eigenvalue weighted by molar-refractivity contribution is -0.00164.